The van der Waals surface area contributed by atoms with Gasteiger partial charge in [-0.3, -0.25) is 0 Å². The topological polar surface area (TPSA) is 94.9 Å². The average Bonchev–Trinajstić information content (AvgIpc) is 2.79. The third-order valence-electron chi connectivity index (χ3n) is 5.08. The molecule has 0 unspecified atom stereocenters. The minimum atomic E-state index is -0.742. The molecule has 8 nitrogen and oxygen atoms in total. The second kappa shape index (κ2) is 9.37. The molecule has 2 aliphatic rings. The second-order valence-corrected chi connectivity index (χ2v) is 6.91. The van der Waals surface area contributed by atoms with Crippen LogP contribution in [0.4, 0.5) is 0 Å². The molecule has 2 fully saturated rings. The smallest absolute Gasteiger partial charge is 0.184 e. The van der Waals surface area contributed by atoms with Crippen LogP contribution in [0.3, 0.4) is 0 Å². The van der Waals surface area contributed by atoms with E-state index in [1.54, 1.807) is 0 Å². The molecule has 0 amide bonds. The van der Waals surface area contributed by atoms with Gasteiger partial charge in [-0.05, 0) is 11.1 Å². The number of azide groups is 1. The van der Waals surface area contributed by atoms with Crippen molar-refractivity contribution >= 4 is 0 Å². The van der Waals surface area contributed by atoms with Crippen LogP contribution in [0.1, 0.15) is 17.4 Å². The van der Waals surface area contributed by atoms with Crippen LogP contribution in [-0.2, 0) is 30.3 Å². The van der Waals surface area contributed by atoms with E-state index in [4.69, 9.17) is 29.2 Å². The van der Waals surface area contributed by atoms with Crippen molar-refractivity contribution in [1.82, 2.24) is 0 Å². The number of hydrogen-bond donors (Lipinski definition) is 0. The summed E-state index contributed by atoms with van der Waals surface area (Å²) in [5, 5.41) is 3.90. The predicted octanol–water partition coefficient (Wildman–Crippen LogP) is 3.74. The molecule has 0 radical (unpaired) electrons. The van der Waals surface area contributed by atoms with Gasteiger partial charge in [0.05, 0.1) is 13.2 Å². The molecular weight excluding hydrogens is 374 g/mol. The highest BCUT2D eigenvalue weighted by molar-refractivity contribution is 5.17. The van der Waals surface area contributed by atoms with Crippen LogP contribution >= 0.6 is 0 Å². The molecule has 4 rings (SSSR count). The molecular formula is C21H23N3O5. The molecule has 2 saturated heterocycles. The Kier molecular flexibility index (Phi) is 6.41. The standard InChI is InChI=1S/C21H23N3O5/c1-25-21-17(23-24-22)19(26-12-14-8-4-2-5-9-14)18-16(28-21)13-27-20(29-18)15-10-6-3-7-11-15/h2-11,16-21H,12-13H2,1H3/t16-,17+,18-,19-,20-,21+/m1/s1. The molecule has 29 heavy (non-hydrogen) atoms. The fourth-order valence-electron chi connectivity index (χ4n) is 3.67. The van der Waals surface area contributed by atoms with Crippen LogP contribution in [0.2, 0.25) is 0 Å². The van der Waals surface area contributed by atoms with Gasteiger partial charge in [0.25, 0.3) is 0 Å². The molecule has 0 aliphatic carbocycles. The van der Waals surface area contributed by atoms with Crippen LogP contribution in [0, 0.1) is 0 Å². The van der Waals surface area contributed by atoms with Gasteiger partial charge in [-0.25, -0.2) is 0 Å². The summed E-state index contributed by atoms with van der Waals surface area (Å²) in [6, 6.07) is 18.8. The first kappa shape index (κ1) is 19.8. The van der Waals surface area contributed by atoms with E-state index in [0.717, 1.165) is 11.1 Å². The Hall–Kier alpha value is -2.45. The molecule has 152 valence electrons. The number of benzene rings is 2. The molecule has 2 aromatic carbocycles. The first-order chi connectivity index (χ1) is 14.3. The first-order valence-electron chi connectivity index (χ1n) is 9.50. The Morgan fingerprint density at radius 3 is 2.48 bits per heavy atom. The predicted molar refractivity (Wildman–Crippen MR) is 104 cm³/mol. The van der Waals surface area contributed by atoms with Crippen molar-refractivity contribution in [1.29, 1.82) is 0 Å². The Bertz CT molecular complexity index is 831. The third-order valence-corrected chi connectivity index (χ3v) is 5.08. The van der Waals surface area contributed by atoms with Gasteiger partial charge in [-0.2, -0.15) is 0 Å². The van der Waals surface area contributed by atoms with Gasteiger partial charge in [0, 0.05) is 17.6 Å². The molecule has 2 aliphatic heterocycles. The summed E-state index contributed by atoms with van der Waals surface area (Å²) in [6.07, 6.45) is -2.71. The average molecular weight is 397 g/mol. The Morgan fingerprint density at radius 1 is 1.07 bits per heavy atom. The third kappa shape index (κ3) is 4.43. The van der Waals surface area contributed by atoms with E-state index in [-0.39, 0.29) is 0 Å². The monoisotopic (exact) mass is 397 g/mol. The molecule has 0 spiro atoms. The lowest BCUT2D eigenvalue weighted by Gasteiger charge is -2.47. The number of methoxy groups -OCH3 is 1. The molecule has 8 heteroatoms. The van der Waals surface area contributed by atoms with Gasteiger partial charge in [0.1, 0.15) is 24.4 Å². The van der Waals surface area contributed by atoms with Crippen LogP contribution in [-0.4, -0.2) is 44.4 Å². The first-order valence-corrected chi connectivity index (χ1v) is 9.50. The minimum absolute atomic E-state index is 0.318. The van der Waals surface area contributed by atoms with Gasteiger partial charge in [-0.1, -0.05) is 65.8 Å². The van der Waals surface area contributed by atoms with E-state index >= 15 is 0 Å². The summed E-state index contributed by atoms with van der Waals surface area (Å²) in [5.41, 5.74) is 11.0. The van der Waals surface area contributed by atoms with Crippen molar-refractivity contribution in [2.24, 2.45) is 5.11 Å². The number of hydrogen-bond acceptors (Lipinski definition) is 6. The van der Waals surface area contributed by atoms with Gasteiger partial charge < -0.3 is 23.7 Å². The van der Waals surface area contributed by atoms with E-state index in [1.807, 2.05) is 60.7 Å². The van der Waals surface area contributed by atoms with Gasteiger partial charge >= 0.3 is 0 Å². The van der Waals surface area contributed by atoms with Crippen LogP contribution in [0.5, 0.6) is 0 Å². The number of fused-ring (bicyclic) bond motifs is 1. The zero-order chi connectivity index (χ0) is 20.1. The molecule has 0 saturated carbocycles. The van der Waals surface area contributed by atoms with Crippen molar-refractivity contribution < 1.29 is 23.7 Å². The lowest BCUT2D eigenvalue weighted by Crippen LogP contribution is -2.62. The van der Waals surface area contributed by atoms with Gasteiger partial charge in [0.2, 0.25) is 0 Å². The second-order valence-electron chi connectivity index (χ2n) is 6.91. The molecule has 0 bridgehead atoms. The van der Waals surface area contributed by atoms with E-state index in [9.17, 15) is 0 Å². The molecule has 0 N–H and O–H groups in total. The maximum Gasteiger partial charge on any atom is 0.184 e. The van der Waals surface area contributed by atoms with E-state index in [1.165, 1.54) is 7.11 Å². The highest BCUT2D eigenvalue weighted by atomic mass is 16.7. The summed E-state index contributed by atoms with van der Waals surface area (Å²) in [5.74, 6) is 0. The van der Waals surface area contributed by atoms with Crippen molar-refractivity contribution in [3.8, 4) is 0 Å². The zero-order valence-corrected chi connectivity index (χ0v) is 16.0. The summed E-state index contributed by atoms with van der Waals surface area (Å²) < 4.78 is 29.7. The Morgan fingerprint density at radius 2 is 1.79 bits per heavy atom. The van der Waals surface area contributed by atoms with Gasteiger partial charge in [-0.15, -0.1) is 0 Å². The lowest BCUT2D eigenvalue weighted by molar-refractivity contribution is -0.344. The SMILES string of the molecule is CO[C@H]1O[C@@H]2CO[C@@H](c3ccccc3)O[C@H]2[C@H](OCc2ccccc2)[C@@H]1N=[N+]=[N-]. The van der Waals surface area contributed by atoms with E-state index < -0.39 is 36.9 Å². The maximum atomic E-state index is 9.09. The van der Waals surface area contributed by atoms with Crippen molar-refractivity contribution in [2.45, 2.75) is 43.5 Å². The summed E-state index contributed by atoms with van der Waals surface area (Å²) >= 11 is 0. The van der Waals surface area contributed by atoms with Crippen molar-refractivity contribution in [2.75, 3.05) is 13.7 Å². The quantitative estimate of drug-likeness (QED) is 0.420. The molecule has 6 atom stereocenters. The van der Waals surface area contributed by atoms with Gasteiger partial charge in [0.15, 0.2) is 12.6 Å². The summed E-state index contributed by atoms with van der Waals surface area (Å²) in [4.78, 5) is 2.98. The fraction of sp³-hybridized carbons (Fsp3) is 0.429. The van der Waals surface area contributed by atoms with Crippen LogP contribution < -0.4 is 0 Å². The highest BCUT2D eigenvalue weighted by Crippen LogP contribution is 2.36. The fourth-order valence-corrected chi connectivity index (χ4v) is 3.67. The van der Waals surface area contributed by atoms with E-state index in [0.29, 0.717) is 13.2 Å². The zero-order valence-electron chi connectivity index (χ0n) is 16.0. The number of nitrogens with zero attached hydrogens (tertiary/aromatic N) is 3. The minimum Gasteiger partial charge on any atom is -0.370 e. The van der Waals surface area contributed by atoms with Crippen molar-refractivity contribution in [3.05, 3.63) is 82.2 Å². The lowest BCUT2D eigenvalue weighted by atomic mass is 9.96. The largest absolute Gasteiger partial charge is 0.370 e. The van der Waals surface area contributed by atoms with Crippen molar-refractivity contribution in [3.63, 3.8) is 0 Å². The molecule has 2 aromatic rings. The normalized spacial score (nSPS) is 31.5. The van der Waals surface area contributed by atoms with Crippen LogP contribution in [0.25, 0.3) is 10.4 Å². The molecule has 0 aromatic heterocycles. The number of ether oxygens (including phenoxy) is 5. The highest BCUT2D eigenvalue weighted by Gasteiger charge is 2.50. The maximum absolute atomic E-state index is 9.09. The summed E-state index contributed by atoms with van der Waals surface area (Å²) in [6.45, 7) is 0.668. The van der Waals surface area contributed by atoms with Crippen LogP contribution in [0.15, 0.2) is 65.8 Å². The van der Waals surface area contributed by atoms with E-state index in [2.05, 4.69) is 10.0 Å². The Labute approximate surface area is 168 Å². The summed E-state index contributed by atoms with van der Waals surface area (Å²) in [7, 11) is 1.51. The number of rotatable bonds is 6. The Balaban J connectivity index is 1.58. The molecule has 2 heterocycles.